The highest BCUT2D eigenvalue weighted by Crippen LogP contribution is 2.14. The maximum Gasteiger partial charge on any atom is 0.220 e. The third-order valence-corrected chi connectivity index (χ3v) is 9.04. The van der Waals surface area contributed by atoms with Crippen LogP contribution in [0.15, 0.2) is 24.3 Å². The first-order chi connectivity index (χ1) is 22.1. The zero-order valence-electron chi connectivity index (χ0n) is 30.0. The predicted octanol–water partition coefficient (Wildman–Crippen LogP) is 10.7. The van der Waals surface area contributed by atoms with E-state index in [9.17, 15) is 20.1 Å². The highest BCUT2D eigenvalue weighted by Gasteiger charge is 2.26. The molecule has 45 heavy (non-hydrogen) atoms. The second kappa shape index (κ2) is 35.7. The Balaban J connectivity index is 3.69. The summed E-state index contributed by atoms with van der Waals surface area (Å²) in [6.45, 7) is 4.13. The average molecular weight is 636 g/mol. The van der Waals surface area contributed by atoms with Crippen LogP contribution in [0.3, 0.4) is 0 Å². The lowest BCUT2D eigenvalue weighted by Gasteiger charge is -2.26. The summed E-state index contributed by atoms with van der Waals surface area (Å²) in [4.78, 5) is 12.3. The van der Waals surface area contributed by atoms with Crippen LogP contribution in [0.4, 0.5) is 0 Å². The van der Waals surface area contributed by atoms with Crippen LogP contribution in [0.25, 0.3) is 0 Å². The van der Waals surface area contributed by atoms with Gasteiger partial charge in [0.15, 0.2) is 0 Å². The minimum absolute atomic E-state index is 0.162. The van der Waals surface area contributed by atoms with Gasteiger partial charge in [-0.3, -0.25) is 4.79 Å². The Kier molecular flexibility index (Phi) is 34.8. The number of rotatable bonds is 35. The zero-order chi connectivity index (χ0) is 33.1. The molecular formula is C40H77NO4. The molecule has 5 nitrogen and oxygen atoms in total. The van der Waals surface area contributed by atoms with Gasteiger partial charge in [-0.25, -0.2) is 0 Å². The van der Waals surface area contributed by atoms with Crippen LogP contribution in [0.1, 0.15) is 200 Å². The van der Waals surface area contributed by atoms with Crippen LogP contribution < -0.4 is 5.32 Å². The molecule has 4 N–H and O–H groups in total. The summed E-state index contributed by atoms with van der Waals surface area (Å²) in [6, 6.07) is -0.826. The van der Waals surface area contributed by atoms with Gasteiger partial charge in [0.25, 0.3) is 0 Å². The quantitative estimate of drug-likeness (QED) is 0.0412. The Hall–Kier alpha value is -1.17. The number of carbonyl (C=O) groups is 1. The average Bonchev–Trinajstić information content (AvgIpc) is 3.04. The van der Waals surface area contributed by atoms with Crippen LogP contribution >= 0.6 is 0 Å². The zero-order valence-corrected chi connectivity index (χ0v) is 30.0. The van der Waals surface area contributed by atoms with E-state index in [1.807, 2.05) is 0 Å². The second-order valence-corrected chi connectivity index (χ2v) is 13.5. The van der Waals surface area contributed by atoms with Crippen molar-refractivity contribution in [3.63, 3.8) is 0 Å². The van der Waals surface area contributed by atoms with E-state index >= 15 is 0 Å². The first-order valence-corrected chi connectivity index (χ1v) is 19.6. The van der Waals surface area contributed by atoms with E-state index in [1.54, 1.807) is 0 Å². The molecule has 0 aromatic carbocycles. The Morgan fingerprint density at radius 3 is 1.36 bits per heavy atom. The predicted molar refractivity (Wildman–Crippen MR) is 195 cm³/mol. The summed E-state index contributed by atoms with van der Waals surface area (Å²) in [7, 11) is 0. The lowest BCUT2D eigenvalue weighted by molar-refractivity contribution is -0.124. The molecule has 5 heteroatoms. The van der Waals surface area contributed by atoms with Crippen molar-refractivity contribution in [3.05, 3.63) is 24.3 Å². The molecule has 3 unspecified atom stereocenters. The molecule has 0 aliphatic rings. The number of aliphatic hydroxyl groups excluding tert-OH is 3. The van der Waals surface area contributed by atoms with Crippen LogP contribution in [0, 0.1) is 0 Å². The van der Waals surface area contributed by atoms with Crippen LogP contribution in [-0.4, -0.2) is 46.1 Å². The maximum atomic E-state index is 12.3. The SMILES string of the molecule is CCCCCCCCCCCCCCC/C=C/CC/C=C/CCCC(O)C(O)C(CO)NC(=O)CCCCCCCCCCC. The molecule has 3 atom stereocenters. The van der Waals surface area contributed by atoms with Gasteiger partial charge in [-0.1, -0.05) is 167 Å². The van der Waals surface area contributed by atoms with Crippen molar-refractivity contribution in [2.75, 3.05) is 6.61 Å². The third kappa shape index (κ3) is 31.2. The van der Waals surface area contributed by atoms with Crippen molar-refractivity contribution in [1.29, 1.82) is 0 Å². The van der Waals surface area contributed by atoms with E-state index in [4.69, 9.17) is 0 Å². The molecule has 0 spiro atoms. The number of nitrogens with one attached hydrogen (secondary N) is 1. The first kappa shape index (κ1) is 43.8. The Morgan fingerprint density at radius 2 is 0.911 bits per heavy atom. The van der Waals surface area contributed by atoms with Gasteiger partial charge in [0, 0.05) is 6.42 Å². The topological polar surface area (TPSA) is 89.8 Å². The number of hydrogen-bond acceptors (Lipinski definition) is 4. The third-order valence-electron chi connectivity index (χ3n) is 9.04. The van der Waals surface area contributed by atoms with Crippen molar-refractivity contribution in [3.8, 4) is 0 Å². The smallest absolute Gasteiger partial charge is 0.220 e. The van der Waals surface area contributed by atoms with Crippen LogP contribution in [0.2, 0.25) is 0 Å². The molecule has 0 heterocycles. The van der Waals surface area contributed by atoms with Gasteiger partial charge >= 0.3 is 0 Å². The molecule has 0 rings (SSSR count). The summed E-state index contributed by atoms with van der Waals surface area (Å²) >= 11 is 0. The summed E-state index contributed by atoms with van der Waals surface area (Å²) in [5.41, 5.74) is 0. The fourth-order valence-electron chi connectivity index (χ4n) is 5.94. The standard InChI is InChI=1S/C40H77NO4/c1-3-5-7-9-11-13-14-15-16-17-18-19-20-21-22-23-24-25-27-28-30-32-34-38(43)40(45)37(36-42)41-39(44)35-33-31-29-26-12-10-8-6-4-2/h22-23,27-28,37-38,40,42-43,45H,3-21,24-26,29-36H2,1-2H3,(H,41,44)/b23-22+,28-27+. The molecule has 0 fully saturated rings. The van der Waals surface area contributed by atoms with Gasteiger partial charge in [-0.15, -0.1) is 0 Å². The van der Waals surface area contributed by atoms with Crippen molar-refractivity contribution in [1.82, 2.24) is 5.32 Å². The molecule has 0 radical (unpaired) electrons. The van der Waals surface area contributed by atoms with Gasteiger partial charge in [-0.05, 0) is 51.4 Å². The fraction of sp³-hybridized carbons (Fsp3) is 0.875. The van der Waals surface area contributed by atoms with Gasteiger partial charge in [-0.2, -0.15) is 0 Å². The highest BCUT2D eigenvalue weighted by molar-refractivity contribution is 5.76. The number of aliphatic hydroxyl groups is 3. The van der Waals surface area contributed by atoms with Gasteiger partial charge < -0.3 is 20.6 Å². The van der Waals surface area contributed by atoms with Crippen molar-refractivity contribution < 1.29 is 20.1 Å². The number of unbranched alkanes of at least 4 members (excludes halogenated alkanes) is 23. The molecule has 0 saturated heterocycles. The van der Waals surface area contributed by atoms with E-state index in [2.05, 4.69) is 43.5 Å². The van der Waals surface area contributed by atoms with Gasteiger partial charge in [0.2, 0.25) is 5.91 Å². The Labute approximate surface area is 280 Å². The van der Waals surface area contributed by atoms with Crippen molar-refractivity contribution >= 4 is 5.91 Å². The van der Waals surface area contributed by atoms with Crippen molar-refractivity contribution in [2.24, 2.45) is 0 Å². The lowest BCUT2D eigenvalue weighted by Crippen LogP contribution is -2.50. The molecule has 0 aliphatic heterocycles. The van der Waals surface area contributed by atoms with Crippen molar-refractivity contribution in [2.45, 2.75) is 218 Å². The van der Waals surface area contributed by atoms with E-state index in [0.717, 1.165) is 44.9 Å². The summed E-state index contributed by atoms with van der Waals surface area (Å²) < 4.78 is 0. The highest BCUT2D eigenvalue weighted by atomic mass is 16.3. The molecular weight excluding hydrogens is 558 g/mol. The van der Waals surface area contributed by atoms with E-state index < -0.39 is 18.2 Å². The second-order valence-electron chi connectivity index (χ2n) is 13.5. The Bertz CT molecular complexity index is 665. The number of allylic oxidation sites excluding steroid dienone is 4. The monoisotopic (exact) mass is 636 g/mol. The molecule has 0 aliphatic carbocycles. The normalized spacial score (nSPS) is 14.0. The van der Waals surface area contributed by atoms with E-state index in [-0.39, 0.29) is 12.5 Å². The minimum atomic E-state index is -1.16. The van der Waals surface area contributed by atoms with E-state index in [0.29, 0.717) is 12.8 Å². The Morgan fingerprint density at radius 1 is 0.533 bits per heavy atom. The summed E-state index contributed by atoms with van der Waals surface area (Å²) in [5.74, 6) is -0.162. The molecule has 0 saturated carbocycles. The largest absolute Gasteiger partial charge is 0.394 e. The number of carbonyl (C=O) groups excluding carboxylic acids is 1. The molecule has 1 amide bonds. The molecule has 0 aromatic rings. The number of amides is 1. The lowest BCUT2D eigenvalue weighted by atomic mass is 10.0. The summed E-state index contributed by atoms with van der Waals surface area (Å²) in [6.07, 6.45) is 41.5. The van der Waals surface area contributed by atoms with Gasteiger partial charge in [0.05, 0.1) is 18.8 Å². The first-order valence-electron chi connectivity index (χ1n) is 19.6. The van der Waals surface area contributed by atoms with Gasteiger partial charge in [0.1, 0.15) is 6.10 Å². The minimum Gasteiger partial charge on any atom is -0.394 e. The fourth-order valence-corrected chi connectivity index (χ4v) is 5.94. The molecule has 0 bridgehead atoms. The van der Waals surface area contributed by atoms with Crippen LogP contribution in [-0.2, 0) is 4.79 Å². The number of hydrogen-bond donors (Lipinski definition) is 4. The van der Waals surface area contributed by atoms with Crippen LogP contribution in [0.5, 0.6) is 0 Å². The maximum absolute atomic E-state index is 12.3. The molecule has 0 aromatic heterocycles. The summed E-state index contributed by atoms with van der Waals surface area (Å²) in [5, 5.41) is 33.3. The molecule has 266 valence electrons. The van der Waals surface area contributed by atoms with E-state index in [1.165, 1.54) is 128 Å².